The molecular weight excluding hydrogens is 340 g/mol. The van der Waals surface area contributed by atoms with Gasteiger partial charge in [-0.15, -0.1) is 0 Å². The molecule has 1 aromatic heterocycles. The summed E-state index contributed by atoms with van der Waals surface area (Å²) < 4.78 is 1.47. The van der Waals surface area contributed by atoms with Crippen LogP contribution in [0.15, 0.2) is 21.3 Å². The molecule has 0 bridgehead atoms. The van der Waals surface area contributed by atoms with Crippen molar-refractivity contribution in [3.05, 3.63) is 21.3 Å². The highest BCUT2D eigenvalue weighted by molar-refractivity contribution is 9.11. The molecule has 0 radical (unpaired) electrons. The molecule has 1 unspecified atom stereocenters. The van der Waals surface area contributed by atoms with Gasteiger partial charge in [-0.25, -0.2) is 4.98 Å². The Balaban J connectivity index is 2.30. The molecule has 1 aliphatic heterocycles. The lowest BCUT2D eigenvalue weighted by Crippen LogP contribution is -2.25. The minimum Gasteiger partial charge on any atom is -0.396 e. The normalized spacial score (nSPS) is 20.6. The number of rotatable bonds is 2. The Morgan fingerprint density at radius 1 is 1.56 bits per heavy atom. The highest BCUT2D eigenvalue weighted by Crippen LogP contribution is 2.31. The van der Waals surface area contributed by atoms with Crippen molar-refractivity contribution in [3.63, 3.8) is 0 Å². The molecular formula is C10H10Br2N2O2. The number of carbonyl (C=O) groups is 1. The van der Waals surface area contributed by atoms with E-state index in [0.717, 1.165) is 10.2 Å². The number of pyridine rings is 1. The van der Waals surface area contributed by atoms with Crippen molar-refractivity contribution >= 4 is 43.5 Å². The summed E-state index contributed by atoms with van der Waals surface area (Å²) in [6.45, 7) is 0.591. The van der Waals surface area contributed by atoms with Gasteiger partial charge < -0.3 is 10.0 Å². The van der Waals surface area contributed by atoms with Crippen molar-refractivity contribution in [2.75, 3.05) is 18.1 Å². The highest BCUT2D eigenvalue weighted by Gasteiger charge is 2.31. The minimum absolute atomic E-state index is 0.0263. The molecule has 1 aliphatic rings. The number of aliphatic hydroxyl groups is 1. The van der Waals surface area contributed by atoms with E-state index in [-0.39, 0.29) is 18.4 Å². The van der Waals surface area contributed by atoms with Crippen molar-refractivity contribution < 1.29 is 9.90 Å². The van der Waals surface area contributed by atoms with Crippen LogP contribution in [-0.2, 0) is 4.79 Å². The quantitative estimate of drug-likeness (QED) is 0.830. The second kappa shape index (κ2) is 4.81. The predicted molar refractivity (Wildman–Crippen MR) is 67.2 cm³/mol. The maximum Gasteiger partial charge on any atom is 0.227 e. The van der Waals surface area contributed by atoms with Crippen LogP contribution in [0.5, 0.6) is 0 Å². The van der Waals surface area contributed by atoms with Gasteiger partial charge >= 0.3 is 0 Å². The van der Waals surface area contributed by atoms with Crippen molar-refractivity contribution in [1.82, 2.24) is 4.98 Å². The molecule has 1 atom stereocenters. The zero-order valence-corrected chi connectivity index (χ0v) is 11.5. The van der Waals surface area contributed by atoms with Crippen LogP contribution in [0, 0.1) is 5.92 Å². The van der Waals surface area contributed by atoms with Crippen LogP contribution in [-0.4, -0.2) is 29.1 Å². The molecule has 2 heterocycles. The van der Waals surface area contributed by atoms with Crippen LogP contribution >= 0.6 is 31.9 Å². The first-order chi connectivity index (χ1) is 7.61. The zero-order valence-electron chi connectivity index (χ0n) is 8.36. The van der Waals surface area contributed by atoms with Gasteiger partial charge in [0.2, 0.25) is 5.91 Å². The first kappa shape index (κ1) is 12.0. The van der Waals surface area contributed by atoms with E-state index in [0.29, 0.717) is 17.6 Å². The Kier molecular flexibility index (Phi) is 3.61. The molecule has 86 valence electrons. The second-order valence-electron chi connectivity index (χ2n) is 3.72. The second-order valence-corrected chi connectivity index (χ2v) is 5.39. The minimum atomic E-state index is 0.0263. The van der Waals surface area contributed by atoms with Crippen LogP contribution in [0.4, 0.5) is 5.69 Å². The molecule has 1 saturated heterocycles. The number of carbonyl (C=O) groups excluding carboxylic acids is 1. The van der Waals surface area contributed by atoms with E-state index in [4.69, 9.17) is 5.11 Å². The molecule has 0 aliphatic carbocycles. The van der Waals surface area contributed by atoms with Gasteiger partial charge in [0.25, 0.3) is 0 Å². The monoisotopic (exact) mass is 348 g/mol. The number of nitrogens with zero attached hydrogens (tertiary/aromatic N) is 2. The van der Waals surface area contributed by atoms with Gasteiger partial charge in [0.1, 0.15) is 4.60 Å². The summed E-state index contributed by atoms with van der Waals surface area (Å²) in [6.07, 6.45) is 2.06. The maximum absolute atomic E-state index is 11.8. The summed E-state index contributed by atoms with van der Waals surface area (Å²) in [4.78, 5) is 17.5. The van der Waals surface area contributed by atoms with Crippen LogP contribution in [0.2, 0.25) is 0 Å². The van der Waals surface area contributed by atoms with Crippen LogP contribution in [0.1, 0.15) is 6.42 Å². The lowest BCUT2D eigenvalue weighted by molar-refractivity contribution is -0.117. The Morgan fingerprint density at radius 2 is 2.31 bits per heavy atom. The smallest absolute Gasteiger partial charge is 0.227 e. The molecule has 16 heavy (non-hydrogen) atoms. The fourth-order valence-electron chi connectivity index (χ4n) is 1.74. The number of anilines is 1. The zero-order chi connectivity index (χ0) is 11.7. The van der Waals surface area contributed by atoms with E-state index in [1.807, 2.05) is 6.07 Å². The summed E-state index contributed by atoms with van der Waals surface area (Å²) in [5.41, 5.74) is 0.746. The Morgan fingerprint density at radius 3 is 2.94 bits per heavy atom. The van der Waals surface area contributed by atoms with E-state index in [2.05, 4.69) is 36.8 Å². The molecule has 1 aromatic rings. The summed E-state index contributed by atoms with van der Waals surface area (Å²) in [7, 11) is 0. The van der Waals surface area contributed by atoms with Crippen LogP contribution in [0.25, 0.3) is 0 Å². The molecule has 0 spiro atoms. The number of halogens is 2. The molecule has 1 fully saturated rings. The number of amides is 1. The van der Waals surface area contributed by atoms with Crippen LogP contribution < -0.4 is 4.90 Å². The number of hydrogen-bond acceptors (Lipinski definition) is 3. The fourth-order valence-corrected chi connectivity index (χ4v) is 2.49. The summed E-state index contributed by atoms with van der Waals surface area (Å²) in [5.74, 6) is 0.0537. The lowest BCUT2D eigenvalue weighted by Gasteiger charge is -2.17. The lowest BCUT2D eigenvalue weighted by atomic mass is 10.1. The number of hydrogen-bond donors (Lipinski definition) is 1. The maximum atomic E-state index is 11.8. The topological polar surface area (TPSA) is 53.4 Å². The molecule has 0 aromatic carbocycles. The van der Waals surface area contributed by atoms with Crippen molar-refractivity contribution in [2.45, 2.75) is 6.42 Å². The molecule has 2 rings (SSSR count). The largest absolute Gasteiger partial charge is 0.396 e. The van der Waals surface area contributed by atoms with Crippen LogP contribution in [0.3, 0.4) is 0 Å². The first-order valence-electron chi connectivity index (χ1n) is 4.84. The predicted octanol–water partition coefficient (Wildman–Crippen LogP) is 1.95. The van der Waals surface area contributed by atoms with Gasteiger partial charge in [-0.3, -0.25) is 4.79 Å². The highest BCUT2D eigenvalue weighted by atomic mass is 79.9. The third-order valence-corrected chi connectivity index (χ3v) is 3.59. The van der Waals surface area contributed by atoms with Crippen molar-refractivity contribution in [3.8, 4) is 0 Å². The van der Waals surface area contributed by atoms with Gasteiger partial charge in [-0.05, 0) is 37.9 Å². The summed E-state index contributed by atoms with van der Waals surface area (Å²) >= 11 is 6.65. The average molecular weight is 350 g/mol. The van der Waals surface area contributed by atoms with Crippen molar-refractivity contribution in [2.24, 2.45) is 5.92 Å². The van der Waals surface area contributed by atoms with E-state index in [1.165, 1.54) is 0 Å². The summed E-state index contributed by atoms with van der Waals surface area (Å²) in [5, 5.41) is 9.06. The fraction of sp³-hybridized carbons (Fsp3) is 0.400. The standard InChI is InChI=1S/C10H10Br2N2O2/c11-7-2-8(10(12)13-3-7)14-4-6(5-15)1-9(14)16/h2-3,6,15H,1,4-5H2. The third-order valence-electron chi connectivity index (χ3n) is 2.54. The van der Waals surface area contributed by atoms with Gasteiger partial charge in [-0.2, -0.15) is 0 Å². The van der Waals surface area contributed by atoms with E-state index in [9.17, 15) is 4.79 Å². The van der Waals surface area contributed by atoms with Crippen molar-refractivity contribution in [1.29, 1.82) is 0 Å². The molecule has 0 saturated carbocycles. The molecule has 1 N–H and O–H groups in total. The van der Waals surface area contributed by atoms with E-state index < -0.39 is 0 Å². The summed E-state index contributed by atoms with van der Waals surface area (Å²) in [6, 6.07) is 1.84. The Labute approximate surface area is 110 Å². The van der Waals surface area contributed by atoms with E-state index >= 15 is 0 Å². The molecule has 4 nitrogen and oxygen atoms in total. The van der Waals surface area contributed by atoms with Gasteiger partial charge in [-0.1, -0.05) is 0 Å². The third kappa shape index (κ3) is 2.28. The number of aliphatic hydroxyl groups excluding tert-OH is 1. The van der Waals surface area contributed by atoms with Gasteiger partial charge in [0, 0.05) is 36.2 Å². The first-order valence-corrected chi connectivity index (χ1v) is 6.42. The SMILES string of the molecule is O=C1CC(CO)CN1c1cc(Br)cnc1Br. The molecule has 6 heteroatoms. The van der Waals surface area contributed by atoms with Gasteiger partial charge in [0.05, 0.1) is 5.69 Å². The van der Waals surface area contributed by atoms with E-state index in [1.54, 1.807) is 11.1 Å². The number of aromatic nitrogens is 1. The Hall–Kier alpha value is -0.460. The Bertz CT molecular complexity index is 425. The van der Waals surface area contributed by atoms with Gasteiger partial charge in [0.15, 0.2) is 0 Å². The average Bonchev–Trinajstić information content (AvgIpc) is 2.63. The molecule has 1 amide bonds.